The average molecular weight is 209 g/mol. The lowest BCUT2D eigenvalue weighted by Gasteiger charge is -2.28. The molecule has 2 rings (SSSR count). The molecule has 5 nitrogen and oxygen atoms in total. The van der Waals surface area contributed by atoms with Crippen molar-refractivity contribution in [2.75, 3.05) is 18.9 Å². The Labute approximate surface area is 88.6 Å². The number of nitrogen functional groups attached to an aromatic ring is 1. The standard InChI is InChI=1S/C10H15N3O2/c1-7-6-14-5-3-8(7)15-10-12-4-2-9(11)13-10/h2,4,7-8H,3,5-6H2,1H3,(H2,11,12,13). The van der Waals surface area contributed by atoms with Crippen LogP contribution in [-0.2, 0) is 4.74 Å². The van der Waals surface area contributed by atoms with Crippen LogP contribution in [0.4, 0.5) is 5.82 Å². The highest BCUT2D eigenvalue weighted by molar-refractivity contribution is 5.26. The number of hydrogen-bond acceptors (Lipinski definition) is 5. The first-order valence-corrected chi connectivity index (χ1v) is 5.08. The van der Waals surface area contributed by atoms with E-state index in [2.05, 4.69) is 16.9 Å². The van der Waals surface area contributed by atoms with Gasteiger partial charge < -0.3 is 15.2 Å². The van der Waals surface area contributed by atoms with Crippen LogP contribution in [0.5, 0.6) is 6.01 Å². The zero-order valence-corrected chi connectivity index (χ0v) is 8.72. The van der Waals surface area contributed by atoms with Gasteiger partial charge in [-0.15, -0.1) is 0 Å². The van der Waals surface area contributed by atoms with E-state index in [0.717, 1.165) is 19.6 Å². The highest BCUT2D eigenvalue weighted by Gasteiger charge is 2.24. The lowest BCUT2D eigenvalue weighted by molar-refractivity contribution is -0.0198. The van der Waals surface area contributed by atoms with Crippen molar-refractivity contribution in [2.24, 2.45) is 5.92 Å². The minimum Gasteiger partial charge on any atom is -0.460 e. The third-order valence-corrected chi connectivity index (χ3v) is 2.47. The van der Waals surface area contributed by atoms with E-state index in [4.69, 9.17) is 15.2 Å². The van der Waals surface area contributed by atoms with Gasteiger partial charge in [0.15, 0.2) is 0 Å². The summed E-state index contributed by atoms with van der Waals surface area (Å²) < 4.78 is 11.0. The Kier molecular flexibility index (Phi) is 3.01. The van der Waals surface area contributed by atoms with Gasteiger partial charge in [-0.2, -0.15) is 4.98 Å². The number of nitrogens with two attached hydrogens (primary N) is 1. The van der Waals surface area contributed by atoms with Crippen molar-refractivity contribution in [3.8, 4) is 6.01 Å². The summed E-state index contributed by atoms with van der Waals surface area (Å²) in [4.78, 5) is 8.02. The summed E-state index contributed by atoms with van der Waals surface area (Å²) in [5, 5.41) is 0. The van der Waals surface area contributed by atoms with Crippen LogP contribution >= 0.6 is 0 Å². The molecule has 82 valence electrons. The minimum atomic E-state index is 0.126. The van der Waals surface area contributed by atoms with Gasteiger partial charge in [0, 0.05) is 18.5 Å². The van der Waals surface area contributed by atoms with E-state index in [1.165, 1.54) is 0 Å². The summed E-state index contributed by atoms with van der Waals surface area (Å²) in [6.45, 7) is 3.56. The second-order valence-corrected chi connectivity index (χ2v) is 3.76. The molecule has 5 heteroatoms. The maximum absolute atomic E-state index is 5.67. The number of ether oxygens (including phenoxy) is 2. The van der Waals surface area contributed by atoms with Crippen molar-refractivity contribution in [1.82, 2.24) is 9.97 Å². The Hall–Kier alpha value is -1.36. The number of rotatable bonds is 2. The van der Waals surface area contributed by atoms with Gasteiger partial charge in [0.25, 0.3) is 0 Å². The fraction of sp³-hybridized carbons (Fsp3) is 0.600. The van der Waals surface area contributed by atoms with Crippen molar-refractivity contribution < 1.29 is 9.47 Å². The van der Waals surface area contributed by atoms with Crippen LogP contribution in [-0.4, -0.2) is 29.3 Å². The monoisotopic (exact) mass is 209 g/mol. The van der Waals surface area contributed by atoms with Gasteiger partial charge in [-0.1, -0.05) is 6.92 Å². The quantitative estimate of drug-likeness (QED) is 0.782. The fourth-order valence-electron chi connectivity index (χ4n) is 1.58. The predicted octanol–water partition coefficient (Wildman–Crippen LogP) is 0.863. The molecule has 1 aliphatic rings. The Morgan fingerprint density at radius 3 is 3.20 bits per heavy atom. The molecular formula is C10H15N3O2. The number of aromatic nitrogens is 2. The second kappa shape index (κ2) is 4.44. The van der Waals surface area contributed by atoms with Crippen molar-refractivity contribution in [3.05, 3.63) is 12.3 Å². The molecule has 0 bridgehead atoms. The normalized spacial score (nSPS) is 26.2. The molecule has 2 atom stereocenters. The van der Waals surface area contributed by atoms with Gasteiger partial charge in [0.1, 0.15) is 11.9 Å². The summed E-state index contributed by atoms with van der Waals surface area (Å²) >= 11 is 0. The molecule has 15 heavy (non-hydrogen) atoms. The molecule has 1 aromatic rings. The lowest BCUT2D eigenvalue weighted by Crippen LogP contribution is -2.34. The molecule has 1 aromatic heterocycles. The van der Waals surface area contributed by atoms with Crippen molar-refractivity contribution in [1.29, 1.82) is 0 Å². The van der Waals surface area contributed by atoms with E-state index >= 15 is 0 Å². The van der Waals surface area contributed by atoms with E-state index in [1.807, 2.05) is 0 Å². The van der Waals surface area contributed by atoms with Gasteiger partial charge >= 0.3 is 6.01 Å². The summed E-state index contributed by atoms with van der Waals surface area (Å²) in [5.41, 5.74) is 5.54. The summed E-state index contributed by atoms with van der Waals surface area (Å²) in [6, 6.07) is 1.99. The van der Waals surface area contributed by atoms with E-state index < -0.39 is 0 Å². The molecule has 1 aliphatic heterocycles. The summed E-state index contributed by atoms with van der Waals surface area (Å²) in [6.07, 6.45) is 2.60. The number of anilines is 1. The Morgan fingerprint density at radius 1 is 1.60 bits per heavy atom. The number of nitrogens with zero attached hydrogens (tertiary/aromatic N) is 2. The Morgan fingerprint density at radius 2 is 2.47 bits per heavy atom. The Balaban J connectivity index is 2.01. The van der Waals surface area contributed by atoms with Crippen LogP contribution in [0.25, 0.3) is 0 Å². The van der Waals surface area contributed by atoms with E-state index in [9.17, 15) is 0 Å². The van der Waals surface area contributed by atoms with Crippen molar-refractivity contribution >= 4 is 5.82 Å². The molecule has 0 aromatic carbocycles. The third kappa shape index (κ3) is 2.56. The van der Waals surface area contributed by atoms with Crippen molar-refractivity contribution in [2.45, 2.75) is 19.4 Å². The van der Waals surface area contributed by atoms with Gasteiger partial charge in [-0.05, 0) is 6.07 Å². The van der Waals surface area contributed by atoms with Gasteiger partial charge in [-0.3, -0.25) is 0 Å². The minimum absolute atomic E-state index is 0.126. The summed E-state index contributed by atoms with van der Waals surface area (Å²) in [7, 11) is 0. The van der Waals surface area contributed by atoms with E-state index in [-0.39, 0.29) is 6.10 Å². The van der Waals surface area contributed by atoms with Crippen molar-refractivity contribution in [3.63, 3.8) is 0 Å². The topological polar surface area (TPSA) is 70.3 Å². The van der Waals surface area contributed by atoms with Gasteiger partial charge in [0.2, 0.25) is 0 Å². The first-order chi connectivity index (χ1) is 7.25. The molecule has 0 spiro atoms. The molecule has 2 unspecified atom stereocenters. The highest BCUT2D eigenvalue weighted by atomic mass is 16.5. The molecule has 0 radical (unpaired) electrons. The molecule has 2 heterocycles. The maximum Gasteiger partial charge on any atom is 0.318 e. The van der Waals surface area contributed by atoms with E-state index in [0.29, 0.717) is 17.7 Å². The maximum atomic E-state index is 5.67. The third-order valence-electron chi connectivity index (χ3n) is 2.47. The second-order valence-electron chi connectivity index (χ2n) is 3.76. The summed E-state index contributed by atoms with van der Waals surface area (Å²) in [5.74, 6) is 0.795. The van der Waals surface area contributed by atoms with Crippen LogP contribution in [0.15, 0.2) is 12.3 Å². The molecule has 0 saturated carbocycles. The molecule has 0 amide bonds. The predicted molar refractivity (Wildman–Crippen MR) is 55.5 cm³/mol. The molecule has 2 N–H and O–H groups in total. The van der Waals surface area contributed by atoms with Crippen LogP contribution < -0.4 is 10.5 Å². The number of hydrogen-bond donors (Lipinski definition) is 1. The van der Waals surface area contributed by atoms with Gasteiger partial charge in [-0.25, -0.2) is 4.98 Å². The molecule has 1 fully saturated rings. The first kappa shape index (κ1) is 10.2. The Bertz CT molecular complexity index is 332. The van der Waals surface area contributed by atoms with Crippen LogP contribution in [0.2, 0.25) is 0 Å². The van der Waals surface area contributed by atoms with Crippen LogP contribution in [0.1, 0.15) is 13.3 Å². The molecular weight excluding hydrogens is 194 g/mol. The average Bonchev–Trinajstić information content (AvgIpc) is 2.22. The highest BCUT2D eigenvalue weighted by Crippen LogP contribution is 2.19. The van der Waals surface area contributed by atoms with Crippen LogP contribution in [0, 0.1) is 5.92 Å². The molecule has 0 aliphatic carbocycles. The van der Waals surface area contributed by atoms with Gasteiger partial charge in [0.05, 0.1) is 13.2 Å². The zero-order valence-electron chi connectivity index (χ0n) is 8.72. The van der Waals surface area contributed by atoms with Crippen LogP contribution in [0.3, 0.4) is 0 Å². The zero-order chi connectivity index (χ0) is 10.7. The van der Waals surface area contributed by atoms with E-state index in [1.54, 1.807) is 12.3 Å². The smallest absolute Gasteiger partial charge is 0.318 e. The molecule has 1 saturated heterocycles. The SMILES string of the molecule is CC1COCCC1Oc1nccc(N)n1. The first-order valence-electron chi connectivity index (χ1n) is 5.08. The fourth-order valence-corrected chi connectivity index (χ4v) is 1.58. The largest absolute Gasteiger partial charge is 0.460 e. The lowest BCUT2D eigenvalue weighted by atomic mass is 10.0.